The van der Waals surface area contributed by atoms with Gasteiger partial charge in [-0.05, 0) is 67.1 Å². The van der Waals surface area contributed by atoms with Gasteiger partial charge < -0.3 is 26.0 Å². The number of methoxy groups -OCH3 is 1. The molecule has 4 rings (SSSR count). The lowest BCUT2D eigenvalue weighted by Crippen LogP contribution is -2.46. The molecule has 1 saturated carbocycles. The molecule has 2 aliphatic rings. The Kier molecular flexibility index (Phi) is 8.17. The number of nitrogens with one attached hydrogen (secondary N) is 2. The minimum Gasteiger partial charge on any atom is -0.497 e. The van der Waals surface area contributed by atoms with Crippen LogP contribution in [0.3, 0.4) is 0 Å². The predicted octanol–water partition coefficient (Wildman–Crippen LogP) is 4.35. The van der Waals surface area contributed by atoms with Crippen molar-refractivity contribution in [2.24, 2.45) is 17.1 Å². The van der Waals surface area contributed by atoms with Gasteiger partial charge in [0.15, 0.2) is 0 Å². The predicted molar refractivity (Wildman–Crippen MR) is 145 cm³/mol. The maximum Gasteiger partial charge on any atom is 0.258 e. The number of carbonyl (C=O) groups is 3. The monoisotopic (exact) mass is 506 g/mol. The molecule has 0 bridgehead atoms. The Bertz CT molecular complexity index is 1160. The normalized spacial score (nSPS) is 18.4. The van der Waals surface area contributed by atoms with Gasteiger partial charge in [-0.15, -0.1) is 0 Å². The summed E-state index contributed by atoms with van der Waals surface area (Å²) in [5.74, 6) is 0.226. The van der Waals surface area contributed by atoms with Gasteiger partial charge in [0.2, 0.25) is 5.91 Å². The molecular formula is C29H38N4O4. The second kappa shape index (κ2) is 11.3. The molecular weight excluding hydrogens is 468 g/mol. The van der Waals surface area contributed by atoms with Gasteiger partial charge in [-0.1, -0.05) is 39.2 Å². The second-order valence-corrected chi connectivity index (χ2v) is 10.9. The van der Waals surface area contributed by atoms with Crippen LogP contribution in [0.2, 0.25) is 0 Å². The van der Waals surface area contributed by atoms with Crippen molar-refractivity contribution in [2.45, 2.75) is 58.4 Å². The first kappa shape index (κ1) is 26.7. The van der Waals surface area contributed by atoms with Crippen LogP contribution < -0.4 is 26.0 Å². The van der Waals surface area contributed by atoms with Gasteiger partial charge in [-0.3, -0.25) is 14.4 Å². The average molecular weight is 507 g/mol. The summed E-state index contributed by atoms with van der Waals surface area (Å²) < 4.78 is 5.35. The second-order valence-electron chi connectivity index (χ2n) is 10.9. The number of anilines is 2. The molecule has 1 aliphatic carbocycles. The van der Waals surface area contributed by atoms with Crippen molar-refractivity contribution >= 4 is 29.1 Å². The van der Waals surface area contributed by atoms with E-state index in [1.165, 1.54) is 6.42 Å². The maximum atomic E-state index is 14.0. The smallest absolute Gasteiger partial charge is 0.258 e. The molecule has 8 nitrogen and oxygen atoms in total. The Morgan fingerprint density at radius 2 is 1.86 bits per heavy atom. The Labute approximate surface area is 218 Å². The summed E-state index contributed by atoms with van der Waals surface area (Å²) in [6.07, 6.45) is 5.53. The van der Waals surface area contributed by atoms with Gasteiger partial charge in [0.1, 0.15) is 5.75 Å². The molecule has 1 aliphatic heterocycles. The largest absolute Gasteiger partial charge is 0.497 e. The van der Waals surface area contributed by atoms with Gasteiger partial charge in [0, 0.05) is 30.1 Å². The summed E-state index contributed by atoms with van der Waals surface area (Å²) in [6.45, 7) is 4.84. The lowest BCUT2D eigenvalue weighted by molar-refractivity contribution is -0.116. The van der Waals surface area contributed by atoms with Crippen molar-refractivity contribution in [1.29, 1.82) is 0 Å². The fourth-order valence-corrected chi connectivity index (χ4v) is 5.19. The molecule has 3 amide bonds. The number of hydrogen-bond donors (Lipinski definition) is 3. The first-order chi connectivity index (χ1) is 17.7. The number of nitrogens with zero attached hydrogens (tertiary/aromatic N) is 1. The quantitative estimate of drug-likeness (QED) is 0.517. The number of carbonyl (C=O) groups excluding carboxylic acids is 3. The molecule has 1 atom stereocenters. The Hall–Kier alpha value is -3.39. The standard InChI is InChI=1S/C29H38N4O4/c1-29(2,17-30)18-31-27(35)20-12-13-24-23(15-20)32-26(34)16-25(19-8-5-4-6-9-19)33(24)28(36)21-10-7-11-22(14-21)37-3/h7,10-15,19,25H,4-6,8-9,16-18,30H2,1-3H3,(H,31,35)(H,32,34). The summed E-state index contributed by atoms with van der Waals surface area (Å²) in [5.41, 5.74) is 7.54. The lowest BCUT2D eigenvalue weighted by atomic mass is 9.81. The summed E-state index contributed by atoms with van der Waals surface area (Å²) in [5, 5.41) is 5.90. The van der Waals surface area contributed by atoms with Crippen LogP contribution in [-0.4, -0.2) is 44.0 Å². The highest BCUT2D eigenvalue weighted by molar-refractivity contribution is 6.12. The van der Waals surface area contributed by atoms with Crippen LogP contribution in [0.25, 0.3) is 0 Å². The van der Waals surface area contributed by atoms with Crippen molar-refractivity contribution in [1.82, 2.24) is 5.32 Å². The van der Waals surface area contributed by atoms with Crippen molar-refractivity contribution in [3.8, 4) is 5.75 Å². The minimum atomic E-state index is -0.273. The third-order valence-corrected chi connectivity index (χ3v) is 7.53. The zero-order valence-electron chi connectivity index (χ0n) is 22.0. The van der Waals surface area contributed by atoms with Crippen molar-refractivity contribution < 1.29 is 19.1 Å². The topological polar surface area (TPSA) is 114 Å². The number of ether oxygens (including phenoxy) is 1. The molecule has 37 heavy (non-hydrogen) atoms. The molecule has 1 fully saturated rings. The Morgan fingerprint density at radius 1 is 1.11 bits per heavy atom. The molecule has 0 radical (unpaired) electrons. The van der Waals surface area contributed by atoms with Crippen LogP contribution in [0.15, 0.2) is 42.5 Å². The SMILES string of the molecule is COc1cccc(C(=O)N2c3ccc(C(=O)NCC(C)(C)CN)cc3NC(=O)CC2C2CCCCC2)c1. The number of nitrogens with two attached hydrogens (primary N) is 1. The number of hydrogen-bond acceptors (Lipinski definition) is 5. The van der Waals surface area contributed by atoms with E-state index in [1.54, 1.807) is 54.5 Å². The number of fused-ring (bicyclic) bond motifs is 1. The highest BCUT2D eigenvalue weighted by Crippen LogP contribution is 2.39. The number of benzene rings is 2. The van der Waals surface area contributed by atoms with E-state index in [4.69, 9.17) is 10.5 Å². The molecule has 198 valence electrons. The van der Waals surface area contributed by atoms with E-state index in [1.807, 2.05) is 13.8 Å². The van der Waals surface area contributed by atoms with Crippen LogP contribution in [0.4, 0.5) is 11.4 Å². The molecule has 0 aromatic heterocycles. The molecule has 8 heteroatoms. The number of rotatable bonds is 7. The zero-order chi connectivity index (χ0) is 26.6. The van der Waals surface area contributed by atoms with Gasteiger partial charge >= 0.3 is 0 Å². The third kappa shape index (κ3) is 6.13. The maximum absolute atomic E-state index is 14.0. The van der Waals surface area contributed by atoms with Crippen molar-refractivity contribution in [2.75, 3.05) is 30.4 Å². The lowest BCUT2D eigenvalue weighted by Gasteiger charge is -2.37. The van der Waals surface area contributed by atoms with Gasteiger partial charge in [-0.25, -0.2) is 0 Å². The van der Waals surface area contributed by atoms with Crippen molar-refractivity contribution in [3.63, 3.8) is 0 Å². The first-order valence-electron chi connectivity index (χ1n) is 13.1. The minimum absolute atomic E-state index is 0.153. The van der Waals surface area contributed by atoms with Crippen LogP contribution in [0.1, 0.15) is 73.1 Å². The van der Waals surface area contributed by atoms with E-state index in [9.17, 15) is 14.4 Å². The summed E-state index contributed by atoms with van der Waals surface area (Å²) in [4.78, 5) is 41.8. The highest BCUT2D eigenvalue weighted by atomic mass is 16.5. The summed E-state index contributed by atoms with van der Waals surface area (Å²) in [6, 6.07) is 12.0. The molecule has 2 aromatic rings. The highest BCUT2D eigenvalue weighted by Gasteiger charge is 2.38. The third-order valence-electron chi connectivity index (χ3n) is 7.53. The van der Waals surface area contributed by atoms with Crippen molar-refractivity contribution in [3.05, 3.63) is 53.6 Å². The van der Waals surface area contributed by atoms with Crippen LogP contribution >= 0.6 is 0 Å². The number of amides is 3. The van der Waals surface area contributed by atoms with E-state index < -0.39 is 0 Å². The van der Waals surface area contributed by atoms with E-state index in [2.05, 4.69) is 10.6 Å². The van der Waals surface area contributed by atoms with E-state index in [-0.39, 0.29) is 41.5 Å². The molecule has 0 spiro atoms. The molecule has 0 saturated heterocycles. The molecule has 1 heterocycles. The van der Waals surface area contributed by atoms with Crippen LogP contribution in [0.5, 0.6) is 5.75 Å². The Morgan fingerprint density at radius 3 is 2.57 bits per heavy atom. The summed E-state index contributed by atoms with van der Waals surface area (Å²) in [7, 11) is 1.57. The first-order valence-corrected chi connectivity index (χ1v) is 13.1. The van der Waals surface area contributed by atoms with E-state index in [0.29, 0.717) is 41.3 Å². The average Bonchev–Trinajstić information content (AvgIpc) is 3.07. The van der Waals surface area contributed by atoms with E-state index in [0.717, 1.165) is 25.7 Å². The van der Waals surface area contributed by atoms with Gasteiger partial charge in [0.05, 0.1) is 18.5 Å². The van der Waals surface area contributed by atoms with E-state index >= 15 is 0 Å². The fraction of sp³-hybridized carbons (Fsp3) is 0.483. The Balaban J connectivity index is 1.73. The molecule has 4 N–H and O–H groups in total. The van der Waals surface area contributed by atoms with Gasteiger partial charge in [0.25, 0.3) is 11.8 Å². The molecule has 2 aromatic carbocycles. The van der Waals surface area contributed by atoms with Crippen LogP contribution in [-0.2, 0) is 4.79 Å². The summed E-state index contributed by atoms with van der Waals surface area (Å²) >= 11 is 0. The fourth-order valence-electron chi connectivity index (χ4n) is 5.19. The molecule has 1 unspecified atom stereocenters. The van der Waals surface area contributed by atoms with Gasteiger partial charge in [-0.2, -0.15) is 0 Å². The zero-order valence-corrected chi connectivity index (χ0v) is 22.0. The van der Waals surface area contributed by atoms with Crippen LogP contribution in [0, 0.1) is 11.3 Å².